The summed E-state index contributed by atoms with van der Waals surface area (Å²) < 4.78 is 5.45. The first-order chi connectivity index (χ1) is 11.5. The zero-order valence-corrected chi connectivity index (χ0v) is 15.2. The molecule has 6 nitrogen and oxygen atoms in total. The van der Waals surface area contributed by atoms with E-state index in [0.717, 1.165) is 30.3 Å². The molecular formula is C17H24N4O2S. The number of furan rings is 1. The molecule has 0 unspecified atom stereocenters. The molecule has 0 radical (unpaired) electrons. The number of hydrogen-bond donors (Lipinski definition) is 1. The first-order valence-electron chi connectivity index (χ1n) is 8.24. The van der Waals surface area contributed by atoms with Crippen LogP contribution >= 0.6 is 11.3 Å². The summed E-state index contributed by atoms with van der Waals surface area (Å²) >= 11 is 1.50. The summed E-state index contributed by atoms with van der Waals surface area (Å²) in [4.78, 5) is 22.2. The summed E-state index contributed by atoms with van der Waals surface area (Å²) in [6.45, 7) is 9.36. The van der Waals surface area contributed by atoms with Gasteiger partial charge in [0.05, 0.1) is 19.4 Å². The first-order valence-corrected chi connectivity index (χ1v) is 9.05. The number of carbonyl (C=O) groups excluding carboxylic acids is 1. The van der Waals surface area contributed by atoms with E-state index < -0.39 is 0 Å². The quantitative estimate of drug-likeness (QED) is 0.900. The summed E-state index contributed by atoms with van der Waals surface area (Å²) in [6, 6.07) is 4.62. The van der Waals surface area contributed by atoms with Crippen LogP contribution in [0.5, 0.6) is 0 Å². The SMILES string of the molecule is Cc1cnc(NC(=O)CN2C[C@@H](C)N(Cc3ccco3)C[C@H]2C)s1. The molecule has 2 atom stereocenters. The molecule has 1 saturated heterocycles. The van der Waals surface area contributed by atoms with E-state index in [-0.39, 0.29) is 5.91 Å². The number of amides is 1. The van der Waals surface area contributed by atoms with Gasteiger partial charge in [0.25, 0.3) is 0 Å². The van der Waals surface area contributed by atoms with Crippen LogP contribution in [0.15, 0.2) is 29.0 Å². The fourth-order valence-electron chi connectivity index (χ4n) is 3.07. The van der Waals surface area contributed by atoms with E-state index in [1.165, 1.54) is 11.3 Å². The summed E-state index contributed by atoms with van der Waals surface area (Å²) in [5.41, 5.74) is 0. The third-order valence-electron chi connectivity index (χ3n) is 4.40. The lowest BCUT2D eigenvalue weighted by Crippen LogP contribution is -2.57. The molecule has 0 aliphatic carbocycles. The van der Waals surface area contributed by atoms with Gasteiger partial charge in [-0.25, -0.2) is 4.98 Å². The van der Waals surface area contributed by atoms with Crippen LogP contribution in [0.25, 0.3) is 0 Å². The highest BCUT2D eigenvalue weighted by Gasteiger charge is 2.30. The molecule has 2 aromatic heterocycles. The summed E-state index contributed by atoms with van der Waals surface area (Å²) in [5.74, 6) is 0.988. The molecular weight excluding hydrogens is 324 g/mol. The minimum Gasteiger partial charge on any atom is -0.468 e. The van der Waals surface area contributed by atoms with Crippen molar-refractivity contribution in [3.63, 3.8) is 0 Å². The largest absolute Gasteiger partial charge is 0.468 e. The van der Waals surface area contributed by atoms with Crippen LogP contribution in [0.1, 0.15) is 24.5 Å². The van der Waals surface area contributed by atoms with Crippen LogP contribution in [0, 0.1) is 6.92 Å². The van der Waals surface area contributed by atoms with Gasteiger partial charge in [-0.3, -0.25) is 14.6 Å². The molecule has 0 bridgehead atoms. The van der Waals surface area contributed by atoms with Crippen molar-refractivity contribution in [3.05, 3.63) is 35.2 Å². The van der Waals surface area contributed by atoms with Gasteiger partial charge in [-0.2, -0.15) is 0 Å². The van der Waals surface area contributed by atoms with Crippen LogP contribution in [0.4, 0.5) is 5.13 Å². The molecule has 24 heavy (non-hydrogen) atoms. The summed E-state index contributed by atoms with van der Waals surface area (Å²) in [5, 5.41) is 3.57. The lowest BCUT2D eigenvalue weighted by atomic mass is 10.1. The average Bonchev–Trinajstić information content (AvgIpc) is 3.16. The van der Waals surface area contributed by atoms with Crippen LogP contribution in [-0.2, 0) is 11.3 Å². The Morgan fingerprint density at radius 3 is 2.79 bits per heavy atom. The highest BCUT2D eigenvalue weighted by atomic mass is 32.1. The molecule has 0 saturated carbocycles. The van der Waals surface area contributed by atoms with Gasteiger partial charge in [0.2, 0.25) is 5.91 Å². The zero-order chi connectivity index (χ0) is 17.1. The third kappa shape index (κ3) is 4.23. The Kier molecular flexibility index (Phi) is 5.33. The van der Waals surface area contributed by atoms with Crippen LogP contribution < -0.4 is 5.32 Å². The number of nitrogens with zero attached hydrogens (tertiary/aromatic N) is 3. The highest BCUT2D eigenvalue weighted by Crippen LogP contribution is 2.19. The topological polar surface area (TPSA) is 61.6 Å². The zero-order valence-electron chi connectivity index (χ0n) is 14.4. The molecule has 0 spiro atoms. The van der Waals surface area contributed by atoms with Crippen LogP contribution in [0.3, 0.4) is 0 Å². The molecule has 7 heteroatoms. The Bertz CT molecular complexity index is 670. The Labute approximate surface area is 146 Å². The minimum absolute atomic E-state index is 0.00267. The molecule has 0 aromatic carbocycles. The van der Waals surface area contributed by atoms with Crippen molar-refractivity contribution in [1.29, 1.82) is 0 Å². The standard InChI is InChI=1S/C17H24N4O2S/c1-12-9-21(11-16(22)19-17-18-7-14(3)24-17)13(2)8-20(12)10-15-5-4-6-23-15/h4-7,12-13H,8-11H2,1-3H3,(H,18,19,22)/t12-,13-/m1/s1. The second kappa shape index (κ2) is 7.46. The number of anilines is 1. The second-order valence-electron chi connectivity index (χ2n) is 6.46. The lowest BCUT2D eigenvalue weighted by Gasteiger charge is -2.43. The van der Waals surface area contributed by atoms with Crippen molar-refractivity contribution in [3.8, 4) is 0 Å². The number of thiazole rings is 1. The summed E-state index contributed by atoms with van der Waals surface area (Å²) in [6.07, 6.45) is 3.49. The predicted octanol–water partition coefficient (Wildman–Crippen LogP) is 2.58. The van der Waals surface area contributed by atoms with Crippen molar-refractivity contribution in [2.24, 2.45) is 0 Å². The van der Waals surface area contributed by atoms with E-state index in [9.17, 15) is 4.79 Å². The molecule has 130 valence electrons. The fourth-order valence-corrected chi connectivity index (χ4v) is 3.75. The van der Waals surface area contributed by atoms with Gasteiger partial charge in [-0.05, 0) is 32.9 Å². The number of aryl methyl sites for hydroxylation is 1. The average molecular weight is 348 g/mol. The van der Waals surface area contributed by atoms with Crippen molar-refractivity contribution in [2.45, 2.75) is 39.4 Å². The van der Waals surface area contributed by atoms with Crippen molar-refractivity contribution in [1.82, 2.24) is 14.8 Å². The monoisotopic (exact) mass is 348 g/mol. The van der Waals surface area contributed by atoms with Gasteiger partial charge in [-0.1, -0.05) is 0 Å². The highest BCUT2D eigenvalue weighted by molar-refractivity contribution is 7.15. The first kappa shape index (κ1) is 17.1. The van der Waals surface area contributed by atoms with E-state index in [1.54, 1.807) is 12.5 Å². The van der Waals surface area contributed by atoms with Gasteiger partial charge in [0, 0.05) is 36.2 Å². The number of aromatic nitrogens is 1. The predicted molar refractivity (Wildman–Crippen MR) is 95.1 cm³/mol. The Morgan fingerprint density at radius 2 is 2.12 bits per heavy atom. The fraction of sp³-hybridized carbons (Fsp3) is 0.529. The van der Waals surface area contributed by atoms with Crippen LogP contribution in [-0.4, -0.2) is 52.4 Å². The Hall–Kier alpha value is -1.70. The number of carbonyl (C=O) groups is 1. The van der Waals surface area contributed by atoms with E-state index >= 15 is 0 Å². The van der Waals surface area contributed by atoms with Crippen molar-refractivity contribution in [2.75, 3.05) is 25.0 Å². The number of piperazine rings is 1. The second-order valence-corrected chi connectivity index (χ2v) is 7.70. The third-order valence-corrected chi connectivity index (χ3v) is 5.23. The van der Waals surface area contributed by atoms with Crippen molar-refractivity contribution < 1.29 is 9.21 Å². The molecule has 1 N–H and O–H groups in total. The molecule has 1 fully saturated rings. The molecule has 1 aliphatic rings. The number of rotatable bonds is 5. The maximum Gasteiger partial charge on any atom is 0.240 e. The van der Waals surface area contributed by atoms with E-state index in [1.807, 2.05) is 19.1 Å². The van der Waals surface area contributed by atoms with Crippen LogP contribution in [0.2, 0.25) is 0 Å². The van der Waals surface area contributed by atoms with Gasteiger partial charge in [0.1, 0.15) is 5.76 Å². The van der Waals surface area contributed by atoms with Gasteiger partial charge >= 0.3 is 0 Å². The van der Waals surface area contributed by atoms with E-state index in [4.69, 9.17) is 4.42 Å². The maximum atomic E-state index is 12.3. The summed E-state index contributed by atoms with van der Waals surface area (Å²) in [7, 11) is 0. The Balaban J connectivity index is 1.53. The van der Waals surface area contributed by atoms with E-state index in [2.05, 4.69) is 33.9 Å². The lowest BCUT2D eigenvalue weighted by molar-refractivity contribution is -0.118. The van der Waals surface area contributed by atoms with E-state index in [0.29, 0.717) is 23.8 Å². The molecule has 2 aromatic rings. The smallest absolute Gasteiger partial charge is 0.240 e. The normalized spacial score (nSPS) is 22.6. The minimum atomic E-state index is 0.00267. The molecule has 3 heterocycles. The van der Waals surface area contributed by atoms with Gasteiger partial charge < -0.3 is 9.73 Å². The van der Waals surface area contributed by atoms with Gasteiger partial charge in [0.15, 0.2) is 5.13 Å². The molecule has 1 aliphatic heterocycles. The van der Waals surface area contributed by atoms with Crippen molar-refractivity contribution >= 4 is 22.4 Å². The molecule has 1 amide bonds. The number of nitrogens with one attached hydrogen (secondary N) is 1. The number of hydrogen-bond acceptors (Lipinski definition) is 6. The Morgan fingerprint density at radius 1 is 1.38 bits per heavy atom. The van der Waals surface area contributed by atoms with Gasteiger partial charge in [-0.15, -0.1) is 11.3 Å². The molecule has 3 rings (SSSR count). The maximum absolute atomic E-state index is 12.3.